The fourth-order valence-electron chi connectivity index (χ4n) is 3.49. The Labute approximate surface area is 173 Å². The van der Waals surface area contributed by atoms with Gasteiger partial charge in [0.1, 0.15) is 5.75 Å². The molecule has 4 heteroatoms. The molecule has 4 rings (SSSR count). The molecular weight excluding hydrogens is 360 g/mol. The lowest BCUT2D eigenvalue weighted by atomic mass is 9.91. The zero-order chi connectivity index (χ0) is 20.9. The topological polar surface area (TPSA) is 43.4 Å². The van der Waals surface area contributed by atoms with Crippen molar-refractivity contribution in [3.05, 3.63) is 66.2 Å². The van der Waals surface area contributed by atoms with Gasteiger partial charge in [0, 0.05) is 22.7 Å². The van der Waals surface area contributed by atoms with E-state index in [0.717, 1.165) is 16.7 Å². The van der Waals surface area contributed by atoms with Gasteiger partial charge in [-0.2, -0.15) is 0 Å². The average Bonchev–Trinajstić information content (AvgIpc) is 2.69. The molecule has 0 radical (unpaired) electrons. The van der Waals surface area contributed by atoms with Crippen molar-refractivity contribution >= 4 is 22.2 Å². The summed E-state index contributed by atoms with van der Waals surface area (Å²) in [6.45, 7) is 11.8. The van der Waals surface area contributed by atoms with Gasteiger partial charge in [0.2, 0.25) is 5.88 Å². The molecule has 1 aliphatic heterocycles. The SMILES string of the molecule is CCOc1ccc2c(c1)C(C)=CC(C)(C)N2.CCOc1ccc2ccccc2n1. The summed E-state index contributed by atoms with van der Waals surface area (Å²) < 4.78 is 10.8. The summed E-state index contributed by atoms with van der Waals surface area (Å²) in [4.78, 5) is 4.34. The lowest BCUT2D eigenvalue weighted by molar-refractivity contribution is 0.328. The highest BCUT2D eigenvalue weighted by atomic mass is 16.5. The maximum absolute atomic E-state index is 5.52. The van der Waals surface area contributed by atoms with Gasteiger partial charge in [0.15, 0.2) is 0 Å². The van der Waals surface area contributed by atoms with Gasteiger partial charge in [-0.15, -0.1) is 0 Å². The molecule has 1 aliphatic rings. The molecular formula is C25H30N2O2. The maximum atomic E-state index is 5.52. The third kappa shape index (κ3) is 5.29. The van der Waals surface area contributed by atoms with Crippen LogP contribution in [0.5, 0.6) is 11.6 Å². The highest BCUT2D eigenvalue weighted by molar-refractivity contribution is 5.81. The fourth-order valence-corrected chi connectivity index (χ4v) is 3.49. The lowest BCUT2D eigenvalue weighted by Gasteiger charge is -2.31. The number of hydrogen-bond acceptors (Lipinski definition) is 4. The molecule has 1 N–H and O–H groups in total. The Kier molecular flexibility index (Phi) is 6.42. The predicted molar refractivity (Wildman–Crippen MR) is 122 cm³/mol. The normalized spacial score (nSPS) is 14.0. The molecule has 0 spiro atoms. The van der Waals surface area contributed by atoms with Crippen LogP contribution in [0.25, 0.3) is 16.5 Å². The number of para-hydroxylation sites is 1. The number of benzene rings is 2. The molecule has 0 saturated carbocycles. The van der Waals surface area contributed by atoms with Crippen molar-refractivity contribution in [3.8, 4) is 11.6 Å². The molecule has 1 aromatic heterocycles. The number of allylic oxidation sites excluding steroid dienone is 1. The largest absolute Gasteiger partial charge is 0.494 e. The minimum atomic E-state index is 0.0320. The summed E-state index contributed by atoms with van der Waals surface area (Å²) in [6.07, 6.45) is 2.26. The molecule has 0 saturated heterocycles. The van der Waals surface area contributed by atoms with Crippen LogP contribution in [-0.2, 0) is 0 Å². The number of rotatable bonds is 4. The lowest BCUT2D eigenvalue weighted by Crippen LogP contribution is -2.31. The van der Waals surface area contributed by atoms with E-state index in [1.54, 1.807) is 0 Å². The van der Waals surface area contributed by atoms with E-state index in [4.69, 9.17) is 9.47 Å². The second-order valence-electron chi connectivity index (χ2n) is 7.59. The van der Waals surface area contributed by atoms with Crippen molar-refractivity contribution in [1.82, 2.24) is 4.98 Å². The van der Waals surface area contributed by atoms with Crippen LogP contribution in [0.1, 0.15) is 40.2 Å². The number of fused-ring (bicyclic) bond motifs is 2. The maximum Gasteiger partial charge on any atom is 0.213 e. The summed E-state index contributed by atoms with van der Waals surface area (Å²) in [6, 6.07) is 18.1. The highest BCUT2D eigenvalue weighted by Crippen LogP contribution is 2.35. The van der Waals surface area contributed by atoms with Gasteiger partial charge in [-0.1, -0.05) is 24.3 Å². The summed E-state index contributed by atoms with van der Waals surface area (Å²) >= 11 is 0. The molecule has 0 bridgehead atoms. The minimum Gasteiger partial charge on any atom is -0.494 e. The second-order valence-corrected chi connectivity index (χ2v) is 7.59. The molecule has 0 fully saturated rings. The Hall–Kier alpha value is -3.01. The van der Waals surface area contributed by atoms with E-state index >= 15 is 0 Å². The molecule has 0 amide bonds. The Bertz CT molecular complexity index is 1010. The molecule has 0 unspecified atom stereocenters. The van der Waals surface area contributed by atoms with Crippen LogP contribution in [0.3, 0.4) is 0 Å². The molecule has 152 valence electrons. The summed E-state index contributed by atoms with van der Waals surface area (Å²) in [7, 11) is 0. The first-order valence-electron chi connectivity index (χ1n) is 10.2. The standard InChI is InChI=1S/C14H19NO.C11H11NO/c1-5-16-11-6-7-13-12(8-11)10(2)9-14(3,4)15-13;1-2-13-11-8-7-9-5-3-4-6-10(9)12-11/h6-9,15H,5H2,1-4H3;3-8H,2H2,1H3. The smallest absolute Gasteiger partial charge is 0.213 e. The van der Waals surface area contributed by atoms with Gasteiger partial charge in [0.05, 0.1) is 24.3 Å². The van der Waals surface area contributed by atoms with Crippen LogP contribution in [0.4, 0.5) is 5.69 Å². The zero-order valence-electron chi connectivity index (χ0n) is 18.0. The first-order chi connectivity index (χ1) is 13.9. The number of ether oxygens (including phenoxy) is 2. The van der Waals surface area contributed by atoms with Crippen LogP contribution in [0.2, 0.25) is 0 Å². The first kappa shape index (κ1) is 20.7. The van der Waals surface area contributed by atoms with Crippen LogP contribution in [0, 0.1) is 0 Å². The van der Waals surface area contributed by atoms with E-state index in [9.17, 15) is 0 Å². The summed E-state index contributed by atoms with van der Waals surface area (Å²) in [5.41, 5.74) is 4.75. The molecule has 29 heavy (non-hydrogen) atoms. The van der Waals surface area contributed by atoms with Crippen molar-refractivity contribution in [1.29, 1.82) is 0 Å². The van der Waals surface area contributed by atoms with Gasteiger partial charge in [-0.25, -0.2) is 4.98 Å². The quantitative estimate of drug-likeness (QED) is 0.565. The third-order valence-electron chi connectivity index (χ3n) is 4.63. The van der Waals surface area contributed by atoms with E-state index in [-0.39, 0.29) is 5.54 Å². The van der Waals surface area contributed by atoms with E-state index in [2.05, 4.69) is 49.3 Å². The van der Waals surface area contributed by atoms with Crippen LogP contribution < -0.4 is 14.8 Å². The van der Waals surface area contributed by atoms with Gasteiger partial charge >= 0.3 is 0 Å². The van der Waals surface area contributed by atoms with E-state index in [1.165, 1.54) is 16.8 Å². The van der Waals surface area contributed by atoms with Crippen molar-refractivity contribution < 1.29 is 9.47 Å². The Morgan fingerprint density at radius 3 is 2.45 bits per heavy atom. The first-order valence-corrected chi connectivity index (χ1v) is 10.2. The van der Waals surface area contributed by atoms with Gasteiger partial charge in [-0.3, -0.25) is 0 Å². The van der Waals surface area contributed by atoms with Crippen LogP contribution >= 0.6 is 0 Å². The van der Waals surface area contributed by atoms with Crippen molar-refractivity contribution in [2.45, 2.75) is 40.2 Å². The fraction of sp³-hybridized carbons (Fsp3) is 0.320. The van der Waals surface area contributed by atoms with Gasteiger partial charge in [-0.05, 0) is 70.5 Å². The summed E-state index contributed by atoms with van der Waals surface area (Å²) in [5, 5.41) is 4.65. The highest BCUT2D eigenvalue weighted by Gasteiger charge is 2.22. The molecule has 3 aromatic rings. The Morgan fingerprint density at radius 1 is 0.931 bits per heavy atom. The average molecular weight is 391 g/mol. The van der Waals surface area contributed by atoms with E-state index in [0.29, 0.717) is 19.1 Å². The predicted octanol–water partition coefficient (Wildman–Crippen LogP) is 6.33. The number of nitrogens with one attached hydrogen (secondary N) is 1. The second kappa shape index (κ2) is 8.99. The minimum absolute atomic E-state index is 0.0320. The van der Waals surface area contributed by atoms with Crippen LogP contribution in [-0.4, -0.2) is 23.7 Å². The van der Waals surface area contributed by atoms with Crippen molar-refractivity contribution in [2.75, 3.05) is 18.5 Å². The van der Waals surface area contributed by atoms with Gasteiger partial charge < -0.3 is 14.8 Å². The Balaban J connectivity index is 0.000000169. The van der Waals surface area contributed by atoms with Crippen LogP contribution in [0.15, 0.2) is 60.7 Å². The number of hydrogen-bond donors (Lipinski definition) is 1. The molecule has 2 aromatic carbocycles. The summed E-state index contributed by atoms with van der Waals surface area (Å²) in [5.74, 6) is 1.64. The van der Waals surface area contributed by atoms with Gasteiger partial charge in [0.25, 0.3) is 0 Å². The zero-order valence-corrected chi connectivity index (χ0v) is 18.0. The molecule has 0 atom stereocenters. The number of nitrogens with zero attached hydrogens (tertiary/aromatic N) is 1. The third-order valence-corrected chi connectivity index (χ3v) is 4.63. The Morgan fingerprint density at radius 2 is 1.69 bits per heavy atom. The number of anilines is 1. The number of aromatic nitrogens is 1. The molecule has 4 nitrogen and oxygen atoms in total. The molecule has 2 heterocycles. The number of pyridine rings is 1. The molecule has 0 aliphatic carbocycles. The van der Waals surface area contributed by atoms with E-state index < -0.39 is 0 Å². The van der Waals surface area contributed by atoms with E-state index in [1.807, 2.05) is 56.3 Å². The monoisotopic (exact) mass is 390 g/mol. The van der Waals surface area contributed by atoms with Crippen molar-refractivity contribution in [2.24, 2.45) is 0 Å². The van der Waals surface area contributed by atoms with Crippen molar-refractivity contribution in [3.63, 3.8) is 0 Å².